The molecule has 150 valence electrons. The normalized spacial score (nSPS) is 19.4. The van der Waals surface area contributed by atoms with Crippen molar-refractivity contribution < 1.29 is 5.11 Å². The predicted octanol–water partition coefficient (Wildman–Crippen LogP) is 5.98. The van der Waals surface area contributed by atoms with Crippen LogP contribution < -0.4 is 11.1 Å². The van der Waals surface area contributed by atoms with Crippen molar-refractivity contribution in [1.82, 2.24) is 4.98 Å². The van der Waals surface area contributed by atoms with E-state index in [0.29, 0.717) is 12.1 Å². The molecule has 6 heteroatoms. The van der Waals surface area contributed by atoms with Crippen molar-refractivity contribution in [2.75, 3.05) is 5.32 Å². The molecular weight excluding hydrogens is 405 g/mol. The van der Waals surface area contributed by atoms with Gasteiger partial charge in [0.1, 0.15) is 0 Å². The van der Waals surface area contributed by atoms with Gasteiger partial charge in [-0.15, -0.1) is 0 Å². The molecule has 29 heavy (non-hydrogen) atoms. The van der Waals surface area contributed by atoms with Crippen LogP contribution in [0.25, 0.3) is 22.0 Å². The van der Waals surface area contributed by atoms with Gasteiger partial charge in [-0.05, 0) is 80.0 Å². The number of rotatable bonds is 4. The fourth-order valence-electron chi connectivity index (χ4n) is 3.90. The quantitative estimate of drug-likeness (QED) is 0.478. The molecule has 4 N–H and O–H groups in total. The number of nitrogens with zero attached hydrogens (tertiary/aromatic N) is 1. The van der Waals surface area contributed by atoms with E-state index in [1.54, 1.807) is 12.1 Å². The van der Waals surface area contributed by atoms with E-state index in [1.807, 2.05) is 24.8 Å². The maximum atomic E-state index is 9.86. The molecule has 1 aliphatic carbocycles. The van der Waals surface area contributed by atoms with Gasteiger partial charge >= 0.3 is 0 Å². The maximum Gasteiger partial charge on any atom is 0.152 e. The zero-order valence-electron chi connectivity index (χ0n) is 16.0. The van der Waals surface area contributed by atoms with Gasteiger partial charge in [0.25, 0.3) is 0 Å². The van der Waals surface area contributed by atoms with Crippen molar-refractivity contribution in [3.8, 4) is 16.9 Å². The largest absolute Gasteiger partial charge is 0.505 e. The van der Waals surface area contributed by atoms with E-state index >= 15 is 0 Å². The summed E-state index contributed by atoms with van der Waals surface area (Å²) in [6.45, 7) is 3.95. The summed E-state index contributed by atoms with van der Waals surface area (Å²) >= 11 is 12.2. The van der Waals surface area contributed by atoms with E-state index in [4.69, 9.17) is 28.9 Å². The summed E-state index contributed by atoms with van der Waals surface area (Å²) < 4.78 is 0. The Morgan fingerprint density at radius 3 is 2.41 bits per heavy atom. The molecule has 0 unspecified atom stereocenters. The summed E-state index contributed by atoms with van der Waals surface area (Å²) in [5, 5.41) is 15.0. The molecule has 0 bridgehead atoms. The smallest absolute Gasteiger partial charge is 0.152 e. The number of aromatic nitrogens is 1. The Hall–Kier alpha value is -2.01. The van der Waals surface area contributed by atoms with Crippen LogP contribution in [0.4, 0.5) is 5.69 Å². The molecule has 0 spiro atoms. The van der Waals surface area contributed by atoms with Crippen molar-refractivity contribution in [3.05, 3.63) is 65.5 Å². The molecule has 1 fully saturated rings. The minimum absolute atomic E-state index is 0.105. The Balaban J connectivity index is 1.78. The zero-order chi connectivity index (χ0) is 20.5. The number of phenols is 1. The third kappa shape index (κ3) is 4.16. The second-order valence-corrected chi connectivity index (χ2v) is 8.38. The van der Waals surface area contributed by atoms with Crippen LogP contribution in [0.3, 0.4) is 0 Å². The molecule has 2 aromatic carbocycles. The number of fused-ring (bicyclic) bond motifs is 1. The number of hydrogen-bond acceptors (Lipinski definition) is 4. The van der Waals surface area contributed by atoms with Crippen LogP contribution in [-0.4, -0.2) is 22.2 Å². The number of anilines is 1. The van der Waals surface area contributed by atoms with Crippen molar-refractivity contribution in [1.29, 1.82) is 0 Å². The Labute approximate surface area is 181 Å². The van der Waals surface area contributed by atoms with Crippen LogP contribution in [0, 0.1) is 13.3 Å². The molecule has 1 saturated carbocycles. The molecule has 1 heterocycles. The van der Waals surface area contributed by atoms with Gasteiger partial charge in [-0.25, -0.2) is 0 Å². The second kappa shape index (κ2) is 8.39. The lowest BCUT2D eigenvalue weighted by Gasteiger charge is -2.29. The molecule has 1 aromatic heterocycles. The van der Waals surface area contributed by atoms with E-state index in [0.717, 1.165) is 59.0 Å². The number of hydrogen-bond donors (Lipinski definition) is 3. The van der Waals surface area contributed by atoms with Crippen molar-refractivity contribution in [2.45, 2.75) is 37.8 Å². The van der Waals surface area contributed by atoms with Crippen molar-refractivity contribution >= 4 is 39.8 Å². The fourth-order valence-corrected chi connectivity index (χ4v) is 4.39. The van der Waals surface area contributed by atoms with Gasteiger partial charge in [-0.3, -0.25) is 4.98 Å². The number of benzene rings is 2. The van der Waals surface area contributed by atoms with Crippen LogP contribution >= 0.6 is 23.2 Å². The first-order valence-corrected chi connectivity index (χ1v) is 10.5. The first-order chi connectivity index (χ1) is 14.0. The predicted molar refractivity (Wildman–Crippen MR) is 121 cm³/mol. The molecular formula is C23H23Cl2N3O. The molecule has 1 aliphatic rings. The van der Waals surface area contributed by atoms with Crippen molar-refractivity contribution in [2.24, 2.45) is 5.73 Å². The number of halogens is 2. The van der Waals surface area contributed by atoms with E-state index in [-0.39, 0.29) is 15.8 Å². The van der Waals surface area contributed by atoms with E-state index < -0.39 is 0 Å². The summed E-state index contributed by atoms with van der Waals surface area (Å²) in [4.78, 5) is 4.58. The molecule has 0 saturated heterocycles. The van der Waals surface area contributed by atoms with Gasteiger partial charge < -0.3 is 16.2 Å². The van der Waals surface area contributed by atoms with E-state index in [9.17, 15) is 5.11 Å². The first kappa shape index (κ1) is 20.3. The monoisotopic (exact) mass is 427 g/mol. The lowest BCUT2D eigenvalue weighted by molar-refractivity contribution is 0.411. The van der Waals surface area contributed by atoms with Crippen molar-refractivity contribution in [3.63, 3.8) is 0 Å². The molecule has 0 atom stereocenters. The summed E-state index contributed by atoms with van der Waals surface area (Å²) in [7, 11) is 0. The summed E-state index contributed by atoms with van der Waals surface area (Å²) in [5.74, 6) is -0.105. The Kier molecular flexibility index (Phi) is 5.86. The minimum atomic E-state index is -0.105. The third-order valence-corrected chi connectivity index (χ3v) is 6.16. The standard InChI is InChI=1S/C23H23Cl2N3O/c1-2-13-12-27-21-8-3-14(15-10-19(24)23(29)20(25)11-15)9-18(21)22(13)28-17-6-4-16(26)5-7-17/h2-3,8-12,16-17,29H,1,4-7,26H2,(H,27,28)/t16-,17-. The van der Waals surface area contributed by atoms with E-state index in [2.05, 4.69) is 23.3 Å². The number of nitrogens with two attached hydrogens (primary N) is 1. The summed E-state index contributed by atoms with van der Waals surface area (Å²) in [6.07, 6.45) is 7.82. The van der Waals surface area contributed by atoms with Gasteiger partial charge in [0.15, 0.2) is 5.75 Å². The summed E-state index contributed by atoms with van der Waals surface area (Å²) in [6, 6.07) is 10.1. The number of phenolic OH excluding ortho intramolecular Hbond substituents is 1. The second-order valence-electron chi connectivity index (χ2n) is 7.57. The maximum absolute atomic E-state index is 9.86. The Morgan fingerprint density at radius 2 is 1.76 bits per heavy atom. The Morgan fingerprint density at radius 1 is 1.07 bits per heavy atom. The highest BCUT2D eigenvalue weighted by Crippen LogP contribution is 2.38. The average molecular weight is 428 g/mol. The highest BCUT2D eigenvalue weighted by atomic mass is 35.5. The SMILES string of the molecule is [CH2][CH]c1cnc2ccc(-c3cc(Cl)c(O)c(Cl)c3)cc2c1N[C@H]1CC[C@H](N)CC1. The van der Waals surface area contributed by atoms with Crippen LogP contribution in [-0.2, 0) is 0 Å². The fraction of sp³-hybridized carbons (Fsp3) is 0.261. The van der Waals surface area contributed by atoms with Crippen LogP contribution in [0.5, 0.6) is 5.75 Å². The molecule has 3 aromatic rings. The van der Waals surface area contributed by atoms with Gasteiger partial charge in [0.05, 0.1) is 15.6 Å². The highest BCUT2D eigenvalue weighted by molar-refractivity contribution is 6.37. The third-order valence-electron chi connectivity index (χ3n) is 5.59. The molecule has 2 radical (unpaired) electrons. The molecule has 0 amide bonds. The van der Waals surface area contributed by atoms with Gasteiger partial charge in [-0.1, -0.05) is 29.3 Å². The lowest BCUT2D eigenvalue weighted by Crippen LogP contribution is -2.33. The van der Waals surface area contributed by atoms with Gasteiger partial charge in [0.2, 0.25) is 0 Å². The summed E-state index contributed by atoms with van der Waals surface area (Å²) in [5.41, 5.74) is 10.7. The zero-order valence-corrected chi connectivity index (χ0v) is 17.5. The van der Waals surface area contributed by atoms with Crippen LogP contribution in [0.1, 0.15) is 31.2 Å². The Bertz CT molecular complexity index is 1020. The molecule has 4 nitrogen and oxygen atoms in total. The number of pyridine rings is 1. The average Bonchev–Trinajstić information content (AvgIpc) is 2.73. The minimum Gasteiger partial charge on any atom is -0.505 e. The topological polar surface area (TPSA) is 71.2 Å². The molecule has 4 rings (SSSR count). The van der Waals surface area contributed by atoms with Crippen LogP contribution in [0.2, 0.25) is 10.0 Å². The number of nitrogens with one attached hydrogen (secondary N) is 1. The van der Waals surface area contributed by atoms with Gasteiger partial charge in [0, 0.05) is 29.4 Å². The number of aromatic hydroxyl groups is 1. The lowest BCUT2D eigenvalue weighted by atomic mass is 9.91. The van der Waals surface area contributed by atoms with Gasteiger partial charge in [-0.2, -0.15) is 0 Å². The molecule has 0 aliphatic heterocycles. The highest BCUT2D eigenvalue weighted by Gasteiger charge is 2.20. The van der Waals surface area contributed by atoms with E-state index in [1.165, 1.54) is 0 Å². The first-order valence-electron chi connectivity index (χ1n) is 9.72. The van der Waals surface area contributed by atoms with Crippen LogP contribution in [0.15, 0.2) is 36.5 Å².